The fraction of sp³-hybridized carbons (Fsp3) is 0.889. The van der Waals surface area contributed by atoms with Gasteiger partial charge >= 0.3 is 0 Å². The van der Waals surface area contributed by atoms with Crippen LogP contribution in [0.4, 0.5) is 0 Å². The van der Waals surface area contributed by atoms with Crippen molar-refractivity contribution in [3.8, 4) is 0 Å². The van der Waals surface area contributed by atoms with Crippen LogP contribution in [0.1, 0.15) is 27.2 Å². The van der Waals surface area contributed by atoms with Crippen molar-refractivity contribution in [3.05, 3.63) is 0 Å². The van der Waals surface area contributed by atoms with Crippen molar-refractivity contribution in [1.29, 1.82) is 0 Å². The summed E-state index contributed by atoms with van der Waals surface area (Å²) in [4.78, 5) is 11.1. The van der Waals surface area contributed by atoms with Crippen LogP contribution in [0.2, 0.25) is 0 Å². The maximum atomic E-state index is 11.1. The lowest BCUT2D eigenvalue weighted by molar-refractivity contribution is -0.113. The van der Waals surface area contributed by atoms with Crippen LogP contribution in [0, 0.1) is 0 Å². The van der Waals surface area contributed by atoms with Crippen LogP contribution < -0.4 is 0 Å². The molecular formula is C9H20NO2PS3. The van der Waals surface area contributed by atoms with Crippen molar-refractivity contribution in [3.63, 3.8) is 0 Å². The molecule has 16 heavy (non-hydrogen) atoms. The van der Waals surface area contributed by atoms with Gasteiger partial charge in [-0.15, -0.1) is 11.8 Å². The van der Waals surface area contributed by atoms with Crippen molar-refractivity contribution in [2.24, 2.45) is 0 Å². The van der Waals surface area contributed by atoms with E-state index in [-0.39, 0.29) is 0 Å². The van der Waals surface area contributed by atoms with Gasteiger partial charge in [0.15, 0.2) is 0 Å². The molecule has 0 aliphatic heterocycles. The van der Waals surface area contributed by atoms with Gasteiger partial charge in [-0.1, -0.05) is 25.2 Å². The summed E-state index contributed by atoms with van der Waals surface area (Å²) in [5.41, 5.74) is -2.22. The van der Waals surface area contributed by atoms with E-state index in [0.29, 0.717) is 17.7 Å². The minimum absolute atomic E-state index is 0.418. The third-order valence-electron chi connectivity index (χ3n) is 1.88. The largest absolute Gasteiger partial charge is 0.327 e. The first-order valence-electron chi connectivity index (χ1n) is 5.18. The zero-order valence-electron chi connectivity index (χ0n) is 10.2. The molecule has 0 radical (unpaired) electrons. The summed E-state index contributed by atoms with van der Waals surface area (Å²) in [6, 6.07) is 0. The highest BCUT2D eigenvalue weighted by molar-refractivity contribution is 8.69. The van der Waals surface area contributed by atoms with Gasteiger partial charge in [0, 0.05) is 5.25 Å². The zero-order valence-corrected chi connectivity index (χ0v) is 13.6. The molecule has 0 saturated heterocycles. The van der Waals surface area contributed by atoms with Crippen LogP contribution in [0.5, 0.6) is 0 Å². The molecule has 0 fully saturated rings. The Balaban J connectivity index is 4.76. The number of amides is 1. The van der Waals surface area contributed by atoms with E-state index in [4.69, 9.17) is 16.3 Å². The van der Waals surface area contributed by atoms with Crippen molar-refractivity contribution in [2.45, 2.75) is 32.4 Å². The molecule has 0 aliphatic carbocycles. The average molecular weight is 301 g/mol. The van der Waals surface area contributed by atoms with Gasteiger partial charge in [0.25, 0.3) is 0 Å². The van der Waals surface area contributed by atoms with Gasteiger partial charge in [-0.05, 0) is 31.4 Å². The molecule has 2 unspecified atom stereocenters. The third kappa shape index (κ3) is 5.41. The van der Waals surface area contributed by atoms with Crippen LogP contribution in [0.25, 0.3) is 0 Å². The van der Waals surface area contributed by atoms with Gasteiger partial charge in [0.1, 0.15) is 0 Å². The fourth-order valence-corrected chi connectivity index (χ4v) is 8.93. The van der Waals surface area contributed by atoms with E-state index in [0.717, 1.165) is 12.8 Å². The van der Waals surface area contributed by atoms with E-state index >= 15 is 0 Å². The molecule has 0 aromatic heterocycles. The Morgan fingerprint density at radius 3 is 2.56 bits per heavy atom. The molecule has 0 spiro atoms. The van der Waals surface area contributed by atoms with E-state index < -0.39 is 5.62 Å². The first kappa shape index (κ1) is 16.8. The minimum Gasteiger partial charge on any atom is -0.327 e. The zero-order chi connectivity index (χ0) is 12.6. The fourth-order valence-electron chi connectivity index (χ4n) is 0.921. The normalized spacial score (nSPS) is 16.5. The van der Waals surface area contributed by atoms with Crippen LogP contribution in [0.15, 0.2) is 0 Å². The average Bonchev–Trinajstić information content (AvgIpc) is 2.25. The Labute approximate surface area is 112 Å². The van der Waals surface area contributed by atoms with Crippen LogP contribution >= 0.6 is 28.8 Å². The number of hydrogen-bond acceptors (Lipinski definition) is 5. The highest BCUT2D eigenvalue weighted by Crippen LogP contribution is 2.64. The predicted molar refractivity (Wildman–Crippen MR) is 79.5 cm³/mol. The highest BCUT2D eigenvalue weighted by Gasteiger charge is 2.28. The van der Waals surface area contributed by atoms with Crippen molar-refractivity contribution in [1.82, 2.24) is 4.67 Å². The highest BCUT2D eigenvalue weighted by atomic mass is 32.9. The van der Waals surface area contributed by atoms with E-state index in [1.807, 2.05) is 13.2 Å². The first-order valence-corrected chi connectivity index (χ1v) is 10.7. The monoisotopic (exact) mass is 301 g/mol. The Hall–Kier alpha value is 0.780. The third-order valence-corrected chi connectivity index (χ3v) is 9.56. The molecule has 7 heteroatoms. The second-order valence-corrected chi connectivity index (χ2v) is 11.0. The summed E-state index contributed by atoms with van der Waals surface area (Å²) in [5, 5.41) is 0.418. The molecule has 0 aromatic rings. The summed E-state index contributed by atoms with van der Waals surface area (Å²) < 4.78 is 7.32. The van der Waals surface area contributed by atoms with Crippen molar-refractivity contribution < 1.29 is 9.32 Å². The Morgan fingerprint density at radius 1 is 1.56 bits per heavy atom. The number of hydrogen-bond donors (Lipinski definition) is 0. The second-order valence-electron chi connectivity index (χ2n) is 3.17. The van der Waals surface area contributed by atoms with Gasteiger partial charge in [0.05, 0.1) is 12.5 Å². The summed E-state index contributed by atoms with van der Waals surface area (Å²) in [6.45, 7) is 6.70. The van der Waals surface area contributed by atoms with E-state index in [2.05, 4.69) is 13.8 Å². The topological polar surface area (TPSA) is 29.5 Å². The molecule has 0 bridgehead atoms. The molecule has 0 N–H and O–H groups in total. The smallest absolute Gasteiger partial charge is 0.216 e. The number of nitrogens with zero attached hydrogens (tertiary/aromatic N) is 1. The van der Waals surface area contributed by atoms with Gasteiger partial charge in [-0.25, -0.2) is 0 Å². The molecule has 0 heterocycles. The SMILES string of the molecule is CCOP(=S)(SC(C)CC)N(C=O)CSC. The van der Waals surface area contributed by atoms with Gasteiger partial charge in [-0.2, -0.15) is 0 Å². The summed E-state index contributed by atoms with van der Waals surface area (Å²) >= 11 is 8.78. The van der Waals surface area contributed by atoms with Gasteiger partial charge < -0.3 is 4.52 Å². The molecule has 0 aliphatic rings. The summed E-state index contributed by atoms with van der Waals surface area (Å²) in [7, 11) is 0. The van der Waals surface area contributed by atoms with Crippen LogP contribution in [0.3, 0.4) is 0 Å². The molecule has 0 aromatic carbocycles. The number of thioether (sulfide) groups is 1. The lowest BCUT2D eigenvalue weighted by Crippen LogP contribution is -2.19. The Kier molecular flexibility index (Phi) is 9.24. The maximum absolute atomic E-state index is 11.1. The standard InChI is InChI=1S/C9H20NO2PS3/c1-5-9(3)16-13(14,12-6-2)10(7-11)8-15-4/h7,9H,5-6,8H2,1-4H3. The molecule has 1 amide bonds. The quantitative estimate of drug-likeness (QED) is 0.369. The maximum Gasteiger partial charge on any atom is 0.216 e. The second kappa shape index (κ2) is 8.81. The Morgan fingerprint density at radius 2 is 2.19 bits per heavy atom. The van der Waals surface area contributed by atoms with Crippen molar-refractivity contribution in [2.75, 3.05) is 18.7 Å². The lowest BCUT2D eigenvalue weighted by atomic mass is 10.4. The van der Waals surface area contributed by atoms with Crippen LogP contribution in [-0.4, -0.2) is 35.1 Å². The molecule has 0 saturated carbocycles. The summed E-state index contributed by atoms with van der Waals surface area (Å²) in [6.07, 6.45) is 3.81. The van der Waals surface area contributed by atoms with E-state index in [1.54, 1.807) is 27.8 Å². The number of carbonyl (C=O) groups is 1. The predicted octanol–water partition coefficient (Wildman–Crippen LogP) is 3.56. The summed E-state index contributed by atoms with van der Waals surface area (Å²) in [5.74, 6) is 0.601. The molecular weight excluding hydrogens is 281 g/mol. The first-order chi connectivity index (χ1) is 7.53. The lowest BCUT2D eigenvalue weighted by Gasteiger charge is -2.31. The van der Waals surface area contributed by atoms with E-state index in [9.17, 15) is 4.79 Å². The van der Waals surface area contributed by atoms with Crippen LogP contribution in [-0.2, 0) is 21.1 Å². The molecule has 3 nitrogen and oxygen atoms in total. The Bertz CT molecular complexity index is 253. The number of carbonyl (C=O) groups excluding carboxylic acids is 1. The molecule has 96 valence electrons. The molecule has 2 atom stereocenters. The van der Waals surface area contributed by atoms with Crippen molar-refractivity contribution >= 4 is 47.0 Å². The van der Waals surface area contributed by atoms with Gasteiger partial charge in [0.2, 0.25) is 12.0 Å². The van der Waals surface area contributed by atoms with Gasteiger partial charge in [-0.3, -0.25) is 9.46 Å². The number of rotatable bonds is 9. The minimum atomic E-state index is -2.22. The molecule has 0 rings (SSSR count). The van der Waals surface area contributed by atoms with E-state index in [1.165, 1.54) is 0 Å².